The molecule has 188 valence electrons. The number of nitro groups is 1. The molecule has 0 aliphatic rings. The van der Waals surface area contributed by atoms with Crippen molar-refractivity contribution in [3.63, 3.8) is 0 Å². The SMILES string of the molecule is O=[N+]([O-])c1ccc(N=Nc2ccc(OCCCCN(Cc3ccccn3)Cc3ccccn3)cc2)cc1. The lowest BCUT2D eigenvalue weighted by atomic mass is 10.2. The maximum atomic E-state index is 10.7. The first kappa shape index (κ1) is 25.6. The van der Waals surface area contributed by atoms with Gasteiger partial charge in [-0.2, -0.15) is 10.2 Å². The van der Waals surface area contributed by atoms with E-state index in [0.717, 1.165) is 49.6 Å². The normalized spacial score (nSPS) is 11.2. The van der Waals surface area contributed by atoms with Crippen LogP contribution in [0.15, 0.2) is 108 Å². The molecule has 0 aliphatic carbocycles. The van der Waals surface area contributed by atoms with E-state index in [1.807, 2.05) is 73.1 Å². The summed E-state index contributed by atoms with van der Waals surface area (Å²) in [6.07, 6.45) is 5.55. The van der Waals surface area contributed by atoms with E-state index in [0.29, 0.717) is 18.0 Å². The summed E-state index contributed by atoms with van der Waals surface area (Å²) in [4.78, 5) is 21.6. The third-order valence-corrected chi connectivity index (χ3v) is 5.54. The second-order valence-corrected chi connectivity index (χ2v) is 8.38. The number of nitro benzene ring substituents is 1. The number of hydrogen-bond acceptors (Lipinski definition) is 8. The lowest BCUT2D eigenvalue weighted by Crippen LogP contribution is -2.25. The molecule has 0 spiro atoms. The van der Waals surface area contributed by atoms with E-state index < -0.39 is 4.92 Å². The van der Waals surface area contributed by atoms with E-state index >= 15 is 0 Å². The van der Waals surface area contributed by atoms with Gasteiger partial charge in [0.05, 0.1) is 34.3 Å². The standard InChI is InChI=1S/C28H28N6O3/c35-34(36)27-13-9-23(10-14-27)31-32-24-11-15-28(16-12-24)37-20-6-5-19-33(21-25-7-1-3-17-29-25)22-26-8-2-4-18-30-26/h1-4,7-18H,5-6,19-22H2. The molecule has 9 heteroatoms. The molecule has 37 heavy (non-hydrogen) atoms. The summed E-state index contributed by atoms with van der Waals surface area (Å²) < 4.78 is 5.90. The Labute approximate surface area is 215 Å². The molecule has 0 bridgehead atoms. The number of pyridine rings is 2. The molecular weight excluding hydrogens is 468 g/mol. The Morgan fingerprint density at radius 2 is 1.32 bits per heavy atom. The van der Waals surface area contributed by atoms with Gasteiger partial charge in [0, 0.05) is 37.6 Å². The quantitative estimate of drug-likeness (QED) is 0.0886. The highest BCUT2D eigenvalue weighted by Gasteiger charge is 2.09. The number of ether oxygens (including phenoxy) is 1. The zero-order valence-electron chi connectivity index (χ0n) is 20.4. The average Bonchev–Trinajstić information content (AvgIpc) is 2.93. The number of hydrogen-bond donors (Lipinski definition) is 0. The monoisotopic (exact) mass is 496 g/mol. The van der Waals surface area contributed by atoms with Crippen LogP contribution in [0.5, 0.6) is 5.75 Å². The Balaban J connectivity index is 1.21. The molecule has 0 N–H and O–H groups in total. The van der Waals surface area contributed by atoms with Gasteiger partial charge in [0.1, 0.15) is 5.75 Å². The molecule has 0 atom stereocenters. The van der Waals surface area contributed by atoms with Crippen molar-refractivity contribution >= 4 is 17.1 Å². The predicted molar refractivity (Wildman–Crippen MR) is 141 cm³/mol. The second kappa shape index (κ2) is 13.6. The number of benzene rings is 2. The third kappa shape index (κ3) is 8.59. The Morgan fingerprint density at radius 1 is 0.757 bits per heavy atom. The lowest BCUT2D eigenvalue weighted by Gasteiger charge is -2.21. The van der Waals surface area contributed by atoms with Gasteiger partial charge in [0.25, 0.3) is 5.69 Å². The highest BCUT2D eigenvalue weighted by Crippen LogP contribution is 2.23. The van der Waals surface area contributed by atoms with E-state index in [1.165, 1.54) is 12.1 Å². The summed E-state index contributed by atoms with van der Waals surface area (Å²) >= 11 is 0. The summed E-state index contributed by atoms with van der Waals surface area (Å²) in [5.74, 6) is 0.771. The fraction of sp³-hybridized carbons (Fsp3) is 0.214. The molecule has 0 saturated carbocycles. The number of nitrogens with zero attached hydrogens (tertiary/aromatic N) is 6. The van der Waals surface area contributed by atoms with Crippen molar-refractivity contribution in [1.82, 2.24) is 14.9 Å². The van der Waals surface area contributed by atoms with Gasteiger partial charge in [-0.25, -0.2) is 0 Å². The molecule has 2 heterocycles. The van der Waals surface area contributed by atoms with Gasteiger partial charge >= 0.3 is 0 Å². The van der Waals surface area contributed by atoms with Crippen LogP contribution >= 0.6 is 0 Å². The molecule has 2 aromatic carbocycles. The molecule has 0 fully saturated rings. The number of azo groups is 1. The molecule has 4 aromatic rings. The van der Waals surface area contributed by atoms with Crippen molar-refractivity contribution in [3.05, 3.63) is 119 Å². The maximum absolute atomic E-state index is 10.7. The van der Waals surface area contributed by atoms with Gasteiger partial charge in [-0.1, -0.05) is 12.1 Å². The number of rotatable bonds is 13. The molecule has 0 saturated heterocycles. The van der Waals surface area contributed by atoms with Crippen LogP contribution in [-0.4, -0.2) is 32.9 Å². The zero-order valence-corrected chi connectivity index (χ0v) is 20.4. The summed E-state index contributed by atoms with van der Waals surface area (Å²) in [5.41, 5.74) is 3.33. The first-order valence-corrected chi connectivity index (χ1v) is 12.1. The Morgan fingerprint density at radius 3 is 1.84 bits per heavy atom. The molecule has 4 rings (SSSR count). The maximum Gasteiger partial charge on any atom is 0.269 e. The van der Waals surface area contributed by atoms with Crippen LogP contribution in [0, 0.1) is 10.1 Å². The van der Waals surface area contributed by atoms with E-state index in [1.54, 1.807) is 12.1 Å². The largest absolute Gasteiger partial charge is 0.494 e. The Bertz CT molecular complexity index is 1230. The average molecular weight is 497 g/mol. The summed E-state index contributed by atoms with van der Waals surface area (Å²) in [5, 5.41) is 19.0. The summed E-state index contributed by atoms with van der Waals surface area (Å²) in [6.45, 7) is 3.07. The smallest absolute Gasteiger partial charge is 0.269 e. The van der Waals surface area contributed by atoms with Crippen LogP contribution in [0.4, 0.5) is 17.1 Å². The molecule has 0 aliphatic heterocycles. The van der Waals surface area contributed by atoms with E-state index in [9.17, 15) is 10.1 Å². The fourth-order valence-corrected chi connectivity index (χ4v) is 3.65. The summed E-state index contributed by atoms with van der Waals surface area (Å²) in [7, 11) is 0. The number of non-ortho nitro benzene ring substituents is 1. The highest BCUT2D eigenvalue weighted by molar-refractivity contribution is 5.45. The van der Waals surface area contributed by atoms with Gasteiger partial charge in [-0.15, -0.1) is 0 Å². The van der Waals surface area contributed by atoms with Gasteiger partial charge in [-0.05, 0) is 80.1 Å². The summed E-state index contributed by atoms with van der Waals surface area (Å²) in [6, 6.07) is 25.3. The van der Waals surface area contributed by atoms with E-state index in [4.69, 9.17) is 4.74 Å². The molecule has 9 nitrogen and oxygen atoms in total. The highest BCUT2D eigenvalue weighted by atomic mass is 16.6. The first-order chi connectivity index (χ1) is 18.2. The molecular formula is C28H28N6O3. The van der Waals surface area contributed by atoms with Crippen molar-refractivity contribution in [1.29, 1.82) is 0 Å². The third-order valence-electron chi connectivity index (χ3n) is 5.54. The van der Waals surface area contributed by atoms with Crippen LogP contribution < -0.4 is 4.74 Å². The number of aromatic nitrogens is 2. The predicted octanol–water partition coefficient (Wildman–Crippen LogP) is 6.66. The van der Waals surface area contributed by atoms with Crippen LogP contribution in [0.3, 0.4) is 0 Å². The van der Waals surface area contributed by atoms with E-state index in [2.05, 4.69) is 25.1 Å². The Kier molecular flexibility index (Phi) is 9.37. The molecule has 0 unspecified atom stereocenters. The molecule has 2 aromatic heterocycles. The van der Waals surface area contributed by atoms with Gasteiger partial charge in [-0.3, -0.25) is 25.0 Å². The Hall–Kier alpha value is -4.50. The molecule has 0 amide bonds. The van der Waals surface area contributed by atoms with Crippen molar-refractivity contribution in [2.45, 2.75) is 25.9 Å². The van der Waals surface area contributed by atoms with E-state index in [-0.39, 0.29) is 5.69 Å². The first-order valence-electron chi connectivity index (χ1n) is 12.1. The minimum atomic E-state index is -0.444. The van der Waals surface area contributed by atoms with Crippen LogP contribution in [0.1, 0.15) is 24.2 Å². The second-order valence-electron chi connectivity index (χ2n) is 8.38. The van der Waals surface area contributed by atoms with Crippen molar-refractivity contribution < 1.29 is 9.66 Å². The van der Waals surface area contributed by atoms with Crippen molar-refractivity contribution in [2.75, 3.05) is 13.2 Å². The van der Waals surface area contributed by atoms with Gasteiger partial charge < -0.3 is 4.74 Å². The van der Waals surface area contributed by atoms with Crippen LogP contribution in [-0.2, 0) is 13.1 Å². The topological polar surface area (TPSA) is 106 Å². The minimum absolute atomic E-state index is 0.0227. The fourth-order valence-electron chi connectivity index (χ4n) is 3.65. The molecule has 0 radical (unpaired) electrons. The van der Waals surface area contributed by atoms with Crippen molar-refractivity contribution in [2.24, 2.45) is 10.2 Å². The number of unbranched alkanes of at least 4 members (excludes halogenated alkanes) is 1. The minimum Gasteiger partial charge on any atom is -0.494 e. The lowest BCUT2D eigenvalue weighted by molar-refractivity contribution is -0.384. The van der Waals surface area contributed by atoms with Gasteiger partial charge in [0.15, 0.2) is 0 Å². The zero-order chi connectivity index (χ0) is 25.7. The van der Waals surface area contributed by atoms with Crippen LogP contribution in [0.2, 0.25) is 0 Å². The van der Waals surface area contributed by atoms with Crippen molar-refractivity contribution in [3.8, 4) is 5.75 Å². The van der Waals surface area contributed by atoms with Crippen LogP contribution in [0.25, 0.3) is 0 Å². The van der Waals surface area contributed by atoms with Gasteiger partial charge in [0.2, 0.25) is 0 Å².